The van der Waals surface area contributed by atoms with Gasteiger partial charge in [-0.05, 0) is 66.6 Å². The highest BCUT2D eigenvalue weighted by Gasteiger charge is 2.14. The van der Waals surface area contributed by atoms with E-state index in [-0.39, 0.29) is 23.2 Å². The number of hydrogen-bond acceptors (Lipinski definition) is 5. The van der Waals surface area contributed by atoms with E-state index in [1.54, 1.807) is 32.4 Å². The largest absolute Gasteiger partial charge is 0.497 e. The number of methoxy groups -OCH3 is 2. The monoisotopic (exact) mass is 431 g/mol. The van der Waals surface area contributed by atoms with Crippen LogP contribution in [0.4, 0.5) is 4.39 Å². The summed E-state index contributed by atoms with van der Waals surface area (Å²) in [5, 5.41) is 2.79. The molecule has 30 heavy (non-hydrogen) atoms. The number of carbonyl (C=O) groups excluding carboxylic acids is 1. The predicted octanol–water partition coefficient (Wildman–Crippen LogP) is 3.72. The molecular formula is C22H22FNO5S. The minimum Gasteiger partial charge on any atom is -0.497 e. The molecule has 1 atom stereocenters. The van der Waals surface area contributed by atoms with E-state index in [4.69, 9.17) is 13.9 Å². The topological polar surface area (TPSA) is 77.8 Å². The van der Waals surface area contributed by atoms with Gasteiger partial charge in [0.15, 0.2) is 5.76 Å². The molecule has 0 saturated heterocycles. The van der Waals surface area contributed by atoms with Gasteiger partial charge in [0.2, 0.25) is 0 Å². The number of rotatable bonds is 9. The smallest absolute Gasteiger partial charge is 0.287 e. The molecule has 0 unspecified atom stereocenters. The maximum atomic E-state index is 13.0. The first-order valence-electron chi connectivity index (χ1n) is 9.22. The SMILES string of the molecule is COc1ccc(OC)c(CCNC(=O)c2ccc(C[S@](=O)c3ccc(F)cc3)o2)c1. The molecule has 1 heterocycles. The molecule has 0 saturated carbocycles. The van der Waals surface area contributed by atoms with Crippen LogP contribution in [0.2, 0.25) is 0 Å². The predicted molar refractivity (Wildman–Crippen MR) is 111 cm³/mol. The Morgan fingerprint density at radius 2 is 1.83 bits per heavy atom. The van der Waals surface area contributed by atoms with Gasteiger partial charge < -0.3 is 19.2 Å². The van der Waals surface area contributed by atoms with Gasteiger partial charge in [0.25, 0.3) is 5.91 Å². The first-order chi connectivity index (χ1) is 14.5. The Bertz CT molecular complexity index is 1030. The first-order valence-corrected chi connectivity index (χ1v) is 10.5. The van der Waals surface area contributed by atoms with Gasteiger partial charge in [-0.15, -0.1) is 0 Å². The summed E-state index contributed by atoms with van der Waals surface area (Å²) in [6.07, 6.45) is 0.550. The molecule has 8 heteroatoms. The molecule has 3 rings (SSSR count). The van der Waals surface area contributed by atoms with Crippen LogP contribution in [0, 0.1) is 5.82 Å². The third kappa shape index (κ3) is 5.48. The van der Waals surface area contributed by atoms with Crippen molar-refractivity contribution in [2.45, 2.75) is 17.1 Å². The molecule has 1 N–H and O–H groups in total. The highest BCUT2D eigenvalue weighted by molar-refractivity contribution is 7.84. The van der Waals surface area contributed by atoms with Crippen LogP contribution in [0.15, 0.2) is 63.9 Å². The number of hydrogen-bond donors (Lipinski definition) is 1. The Morgan fingerprint density at radius 1 is 1.07 bits per heavy atom. The van der Waals surface area contributed by atoms with E-state index < -0.39 is 10.8 Å². The third-order valence-corrected chi connectivity index (χ3v) is 5.75. The minimum atomic E-state index is -1.40. The summed E-state index contributed by atoms with van der Waals surface area (Å²) in [6, 6.07) is 14.1. The van der Waals surface area contributed by atoms with Gasteiger partial charge in [-0.3, -0.25) is 9.00 Å². The Balaban J connectivity index is 1.55. The number of benzene rings is 2. The fraction of sp³-hybridized carbons (Fsp3) is 0.227. The van der Waals surface area contributed by atoms with E-state index in [1.807, 2.05) is 12.1 Å². The van der Waals surface area contributed by atoms with Gasteiger partial charge in [-0.25, -0.2) is 4.39 Å². The summed E-state index contributed by atoms with van der Waals surface area (Å²) >= 11 is 0. The van der Waals surface area contributed by atoms with Crippen LogP contribution in [0.1, 0.15) is 21.9 Å². The number of furan rings is 1. The lowest BCUT2D eigenvalue weighted by molar-refractivity contribution is 0.0925. The van der Waals surface area contributed by atoms with E-state index >= 15 is 0 Å². The van der Waals surface area contributed by atoms with E-state index in [0.29, 0.717) is 35.1 Å². The Kier molecular flexibility index (Phi) is 7.24. The molecular weight excluding hydrogens is 409 g/mol. The molecule has 0 aliphatic rings. The first kappa shape index (κ1) is 21.6. The zero-order chi connectivity index (χ0) is 21.5. The summed E-state index contributed by atoms with van der Waals surface area (Å²) in [7, 11) is 1.78. The van der Waals surface area contributed by atoms with Crippen LogP contribution in [-0.4, -0.2) is 30.9 Å². The van der Waals surface area contributed by atoms with E-state index in [9.17, 15) is 13.4 Å². The molecule has 0 aliphatic carbocycles. The molecule has 2 aromatic carbocycles. The molecule has 0 aliphatic heterocycles. The maximum Gasteiger partial charge on any atom is 0.287 e. The van der Waals surface area contributed by atoms with Crippen LogP contribution in [-0.2, 0) is 23.0 Å². The summed E-state index contributed by atoms with van der Waals surface area (Å²) in [5.74, 6) is 1.32. The summed E-state index contributed by atoms with van der Waals surface area (Å²) in [5.41, 5.74) is 0.909. The second-order valence-electron chi connectivity index (χ2n) is 6.39. The van der Waals surface area contributed by atoms with Crippen LogP contribution in [0.25, 0.3) is 0 Å². The Hall–Kier alpha value is -3.13. The van der Waals surface area contributed by atoms with Gasteiger partial charge in [0.05, 0.1) is 30.8 Å². The molecule has 0 radical (unpaired) electrons. The average Bonchev–Trinajstić information content (AvgIpc) is 3.22. The van der Waals surface area contributed by atoms with E-state index in [1.165, 1.54) is 24.3 Å². The number of nitrogens with one attached hydrogen (secondary N) is 1. The Labute approximate surface area is 176 Å². The minimum absolute atomic E-state index is 0.0971. The second-order valence-corrected chi connectivity index (χ2v) is 7.84. The number of amides is 1. The Morgan fingerprint density at radius 3 is 2.53 bits per heavy atom. The van der Waals surface area contributed by atoms with Gasteiger partial charge in [-0.2, -0.15) is 0 Å². The van der Waals surface area contributed by atoms with Crippen molar-refractivity contribution in [2.75, 3.05) is 20.8 Å². The quantitative estimate of drug-likeness (QED) is 0.559. The normalized spacial score (nSPS) is 11.7. The lowest BCUT2D eigenvalue weighted by Gasteiger charge is -2.10. The van der Waals surface area contributed by atoms with Crippen LogP contribution >= 0.6 is 0 Å². The van der Waals surface area contributed by atoms with Crippen molar-refractivity contribution in [3.05, 3.63) is 77.5 Å². The fourth-order valence-corrected chi connectivity index (χ4v) is 3.87. The third-order valence-electron chi connectivity index (χ3n) is 4.40. The number of ether oxygens (including phenoxy) is 2. The fourth-order valence-electron chi connectivity index (χ4n) is 2.85. The molecule has 0 bridgehead atoms. The van der Waals surface area contributed by atoms with Crippen LogP contribution in [0.3, 0.4) is 0 Å². The van der Waals surface area contributed by atoms with Gasteiger partial charge >= 0.3 is 0 Å². The highest BCUT2D eigenvalue weighted by Crippen LogP contribution is 2.24. The zero-order valence-corrected chi connectivity index (χ0v) is 17.5. The zero-order valence-electron chi connectivity index (χ0n) is 16.6. The molecule has 158 valence electrons. The van der Waals surface area contributed by atoms with Crippen molar-refractivity contribution < 1.29 is 27.3 Å². The second kappa shape index (κ2) is 10.1. The van der Waals surface area contributed by atoms with E-state index in [2.05, 4.69) is 5.32 Å². The van der Waals surface area contributed by atoms with Crippen LogP contribution < -0.4 is 14.8 Å². The van der Waals surface area contributed by atoms with Crippen molar-refractivity contribution in [2.24, 2.45) is 0 Å². The van der Waals surface area contributed by atoms with E-state index in [0.717, 1.165) is 5.56 Å². The summed E-state index contributed by atoms with van der Waals surface area (Å²) < 4.78 is 41.4. The lowest BCUT2D eigenvalue weighted by atomic mass is 10.1. The lowest BCUT2D eigenvalue weighted by Crippen LogP contribution is -2.25. The molecule has 3 aromatic rings. The van der Waals surface area contributed by atoms with Crippen molar-refractivity contribution in [1.82, 2.24) is 5.32 Å². The molecule has 0 spiro atoms. The van der Waals surface area contributed by atoms with Crippen molar-refractivity contribution in [3.63, 3.8) is 0 Å². The van der Waals surface area contributed by atoms with Gasteiger partial charge in [0, 0.05) is 11.4 Å². The highest BCUT2D eigenvalue weighted by atomic mass is 32.2. The van der Waals surface area contributed by atoms with Gasteiger partial charge in [-0.1, -0.05) is 0 Å². The van der Waals surface area contributed by atoms with Crippen molar-refractivity contribution in [1.29, 1.82) is 0 Å². The molecule has 6 nitrogen and oxygen atoms in total. The molecule has 1 aromatic heterocycles. The molecule has 0 fully saturated rings. The van der Waals surface area contributed by atoms with Crippen molar-refractivity contribution >= 4 is 16.7 Å². The van der Waals surface area contributed by atoms with Crippen LogP contribution in [0.5, 0.6) is 11.5 Å². The summed E-state index contributed by atoms with van der Waals surface area (Å²) in [6.45, 7) is 0.375. The van der Waals surface area contributed by atoms with Gasteiger partial charge in [0.1, 0.15) is 23.1 Å². The standard InChI is InChI=1S/C22H22FNO5S/c1-27-17-5-9-20(28-2)15(13-17)11-12-24-22(25)21-10-6-18(29-21)14-30(26)19-7-3-16(23)4-8-19/h3-10,13H,11-12,14H2,1-2H3,(H,24,25)/t30-/m0/s1. The number of halogens is 1. The maximum absolute atomic E-state index is 13.0. The molecule has 1 amide bonds. The average molecular weight is 431 g/mol. The van der Waals surface area contributed by atoms with Crippen molar-refractivity contribution in [3.8, 4) is 11.5 Å². The summed E-state index contributed by atoms with van der Waals surface area (Å²) in [4.78, 5) is 12.8. The number of carbonyl (C=O) groups is 1.